The molecule has 0 saturated heterocycles. The van der Waals surface area contributed by atoms with Crippen LogP contribution in [0.15, 0.2) is 4.52 Å². The van der Waals surface area contributed by atoms with E-state index in [2.05, 4.69) is 5.16 Å². The van der Waals surface area contributed by atoms with E-state index in [0.717, 1.165) is 5.56 Å². The first kappa shape index (κ1) is 11.8. The summed E-state index contributed by atoms with van der Waals surface area (Å²) in [6.45, 7) is 6.47. The Balaban J connectivity index is 2.05. The summed E-state index contributed by atoms with van der Waals surface area (Å²) in [5.74, 6) is 1.07. The quantitative estimate of drug-likeness (QED) is 0.742. The van der Waals surface area contributed by atoms with E-state index in [1.807, 2.05) is 20.8 Å². The number of hydrogen-bond acceptors (Lipinski definition) is 5. The molecule has 2 rings (SSSR count). The van der Waals surface area contributed by atoms with Gasteiger partial charge < -0.3 is 19.9 Å². The van der Waals surface area contributed by atoms with Crippen molar-refractivity contribution in [3.8, 4) is 0 Å². The minimum atomic E-state index is -0.488. The molecule has 17 heavy (non-hydrogen) atoms. The Labute approximate surface area is 99.7 Å². The maximum Gasteiger partial charge on any atom is 0.410 e. The van der Waals surface area contributed by atoms with Gasteiger partial charge in [-0.25, -0.2) is 4.79 Å². The highest BCUT2D eigenvalue weighted by Crippen LogP contribution is 2.24. The molecule has 0 aliphatic carbocycles. The maximum absolute atomic E-state index is 11.8. The third-order valence-electron chi connectivity index (χ3n) is 2.52. The lowest BCUT2D eigenvalue weighted by Crippen LogP contribution is -2.39. The third-order valence-corrected chi connectivity index (χ3v) is 2.52. The zero-order valence-electron chi connectivity index (χ0n) is 10.3. The molecule has 2 N–H and O–H groups in total. The van der Waals surface area contributed by atoms with Gasteiger partial charge in [0.15, 0.2) is 11.6 Å². The van der Waals surface area contributed by atoms with Gasteiger partial charge in [-0.05, 0) is 27.2 Å². The van der Waals surface area contributed by atoms with Crippen molar-refractivity contribution >= 4 is 11.9 Å². The number of carbonyl (C=O) groups excluding carboxylic acids is 1. The van der Waals surface area contributed by atoms with E-state index >= 15 is 0 Å². The molecule has 1 amide bonds. The van der Waals surface area contributed by atoms with Gasteiger partial charge in [0.1, 0.15) is 5.60 Å². The van der Waals surface area contributed by atoms with Crippen molar-refractivity contribution in [3.63, 3.8) is 0 Å². The van der Waals surface area contributed by atoms with Crippen LogP contribution in [0, 0.1) is 0 Å². The van der Waals surface area contributed by atoms with Crippen LogP contribution in [0.3, 0.4) is 0 Å². The summed E-state index contributed by atoms with van der Waals surface area (Å²) in [6, 6.07) is 0. The summed E-state index contributed by atoms with van der Waals surface area (Å²) in [5.41, 5.74) is 6.06. The van der Waals surface area contributed by atoms with Crippen molar-refractivity contribution < 1.29 is 14.1 Å². The third kappa shape index (κ3) is 2.51. The van der Waals surface area contributed by atoms with Crippen molar-refractivity contribution in [2.45, 2.75) is 39.3 Å². The second-order valence-corrected chi connectivity index (χ2v) is 5.12. The fraction of sp³-hybridized carbons (Fsp3) is 0.636. The standard InChI is InChI=1S/C11H17N3O3/c1-11(2,3)16-10(15)14-5-4-7-8(6-14)17-13-9(7)12/h4-6H2,1-3H3,(H2,12,13). The summed E-state index contributed by atoms with van der Waals surface area (Å²) in [7, 11) is 0. The van der Waals surface area contributed by atoms with Crippen LogP contribution in [0.5, 0.6) is 0 Å². The minimum Gasteiger partial charge on any atom is -0.444 e. The summed E-state index contributed by atoms with van der Waals surface area (Å²) in [5, 5.41) is 3.69. The van der Waals surface area contributed by atoms with Crippen molar-refractivity contribution in [1.82, 2.24) is 10.1 Å². The molecule has 94 valence electrons. The van der Waals surface area contributed by atoms with Gasteiger partial charge >= 0.3 is 6.09 Å². The first-order chi connectivity index (χ1) is 7.87. The molecule has 1 aromatic rings. The Hall–Kier alpha value is -1.72. The monoisotopic (exact) mass is 239 g/mol. The van der Waals surface area contributed by atoms with Crippen molar-refractivity contribution in [3.05, 3.63) is 11.3 Å². The van der Waals surface area contributed by atoms with Crippen LogP contribution in [-0.2, 0) is 17.7 Å². The lowest BCUT2D eigenvalue weighted by Gasteiger charge is -2.28. The lowest BCUT2D eigenvalue weighted by molar-refractivity contribution is 0.0205. The van der Waals surface area contributed by atoms with Gasteiger partial charge in [0, 0.05) is 12.1 Å². The zero-order valence-corrected chi connectivity index (χ0v) is 10.3. The minimum absolute atomic E-state index is 0.335. The van der Waals surface area contributed by atoms with Gasteiger partial charge in [-0.15, -0.1) is 0 Å². The number of ether oxygens (including phenoxy) is 1. The number of carbonyl (C=O) groups is 1. The van der Waals surface area contributed by atoms with Gasteiger partial charge in [0.05, 0.1) is 6.54 Å². The molecule has 0 aromatic carbocycles. The lowest BCUT2D eigenvalue weighted by atomic mass is 10.1. The Bertz CT molecular complexity index is 434. The van der Waals surface area contributed by atoms with E-state index < -0.39 is 5.60 Å². The summed E-state index contributed by atoms with van der Waals surface area (Å²) < 4.78 is 10.4. The molecule has 6 nitrogen and oxygen atoms in total. The van der Waals surface area contributed by atoms with Crippen LogP contribution in [0.4, 0.5) is 10.6 Å². The molecule has 1 aliphatic rings. The number of aromatic nitrogens is 1. The van der Waals surface area contributed by atoms with E-state index in [0.29, 0.717) is 31.1 Å². The molecule has 0 atom stereocenters. The molecule has 1 aliphatic heterocycles. The zero-order chi connectivity index (χ0) is 12.6. The predicted molar refractivity (Wildman–Crippen MR) is 61.3 cm³/mol. The summed E-state index contributed by atoms with van der Waals surface area (Å²) in [6.07, 6.45) is 0.322. The number of nitrogens with zero attached hydrogens (tertiary/aromatic N) is 2. The largest absolute Gasteiger partial charge is 0.444 e. The van der Waals surface area contributed by atoms with Crippen molar-refractivity contribution in [1.29, 1.82) is 0 Å². The van der Waals surface area contributed by atoms with Crippen molar-refractivity contribution in [2.24, 2.45) is 0 Å². The van der Waals surface area contributed by atoms with Crippen LogP contribution in [-0.4, -0.2) is 28.3 Å². The number of anilines is 1. The van der Waals surface area contributed by atoms with Gasteiger partial charge in [-0.1, -0.05) is 5.16 Å². The fourth-order valence-electron chi connectivity index (χ4n) is 1.73. The van der Waals surface area contributed by atoms with E-state index in [9.17, 15) is 4.79 Å². The smallest absolute Gasteiger partial charge is 0.410 e. The highest BCUT2D eigenvalue weighted by Gasteiger charge is 2.29. The SMILES string of the molecule is CC(C)(C)OC(=O)N1CCc2c(N)noc2C1. The first-order valence-corrected chi connectivity index (χ1v) is 5.57. The molecule has 6 heteroatoms. The molecule has 0 radical (unpaired) electrons. The molecule has 0 fully saturated rings. The van der Waals surface area contributed by atoms with Crippen LogP contribution in [0.1, 0.15) is 32.1 Å². The highest BCUT2D eigenvalue weighted by molar-refractivity contribution is 5.68. The van der Waals surface area contributed by atoms with Crippen LogP contribution < -0.4 is 5.73 Å². The normalized spacial score (nSPS) is 15.6. The second-order valence-electron chi connectivity index (χ2n) is 5.12. The second kappa shape index (κ2) is 3.94. The average Bonchev–Trinajstić information content (AvgIpc) is 2.57. The number of nitrogen functional groups attached to an aromatic ring is 1. The van der Waals surface area contributed by atoms with Crippen LogP contribution in [0.25, 0.3) is 0 Å². The Kier molecular flexibility index (Phi) is 2.73. The van der Waals surface area contributed by atoms with E-state index in [1.165, 1.54) is 0 Å². The van der Waals surface area contributed by atoms with Crippen LogP contribution in [0.2, 0.25) is 0 Å². The summed E-state index contributed by atoms with van der Waals surface area (Å²) in [4.78, 5) is 13.4. The summed E-state index contributed by atoms with van der Waals surface area (Å²) >= 11 is 0. The average molecular weight is 239 g/mol. The van der Waals surface area contributed by atoms with Crippen molar-refractivity contribution in [2.75, 3.05) is 12.3 Å². The number of fused-ring (bicyclic) bond motifs is 1. The highest BCUT2D eigenvalue weighted by atomic mass is 16.6. The molecular formula is C11H17N3O3. The fourth-order valence-corrected chi connectivity index (χ4v) is 1.73. The first-order valence-electron chi connectivity index (χ1n) is 5.57. The van der Waals surface area contributed by atoms with Gasteiger partial charge in [-0.3, -0.25) is 0 Å². The molecule has 0 bridgehead atoms. The Morgan fingerprint density at radius 3 is 2.88 bits per heavy atom. The Morgan fingerprint density at radius 1 is 1.53 bits per heavy atom. The number of hydrogen-bond donors (Lipinski definition) is 1. The molecule has 0 spiro atoms. The van der Waals surface area contributed by atoms with Gasteiger partial charge in [0.2, 0.25) is 0 Å². The molecular weight excluding hydrogens is 222 g/mol. The van der Waals surface area contributed by atoms with E-state index in [1.54, 1.807) is 4.90 Å². The molecule has 2 heterocycles. The maximum atomic E-state index is 11.8. The van der Waals surface area contributed by atoms with Gasteiger partial charge in [0.25, 0.3) is 0 Å². The molecule has 0 unspecified atom stereocenters. The van der Waals surface area contributed by atoms with E-state index in [-0.39, 0.29) is 6.09 Å². The topological polar surface area (TPSA) is 81.6 Å². The molecule has 1 aromatic heterocycles. The predicted octanol–water partition coefficient (Wildman–Crippen LogP) is 1.55. The molecule has 0 saturated carbocycles. The Morgan fingerprint density at radius 2 is 2.24 bits per heavy atom. The van der Waals surface area contributed by atoms with Gasteiger partial charge in [-0.2, -0.15) is 0 Å². The number of amides is 1. The van der Waals surface area contributed by atoms with E-state index in [4.69, 9.17) is 15.0 Å². The number of nitrogens with two attached hydrogens (primary N) is 1. The van der Waals surface area contributed by atoms with Crippen LogP contribution >= 0.6 is 0 Å². The number of rotatable bonds is 0.